The third kappa shape index (κ3) is 3.97. The first-order chi connectivity index (χ1) is 9.90. The van der Waals surface area contributed by atoms with E-state index >= 15 is 0 Å². The van der Waals surface area contributed by atoms with Gasteiger partial charge in [0, 0.05) is 18.1 Å². The average molecular weight is 398 g/mol. The highest BCUT2D eigenvalue weighted by Gasteiger charge is 2.35. The molecular formula is C13H18BrClN2O3S. The smallest absolute Gasteiger partial charge is 0.243 e. The van der Waals surface area contributed by atoms with E-state index in [9.17, 15) is 8.42 Å². The fourth-order valence-electron chi connectivity index (χ4n) is 2.51. The molecule has 0 bridgehead atoms. The van der Waals surface area contributed by atoms with Crippen molar-refractivity contribution in [2.24, 2.45) is 0 Å². The van der Waals surface area contributed by atoms with Gasteiger partial charge in [-0.1, -0.05) is 17.7 Å². The van der Waals surface area contributed by atoms with Crippen LogP contribution in [0.4, 0.5) is 0 Å². The lowest BCUT2D eigenvalue weighted by molar-refractivity contribution is 0.122. The molecule has 1 aliphatic rings. The Morgan fingerprint density at radius 2 is 2.29 bits per heavy atom. The van der Waals surface area contributed by atoms with E-state index in [0.29, 0.717) is 11.1 Å². The lowest BCUT2D eigenvalue weighted by Crippen LogP contribution is -2.52. The number of benzene rings is 1. The average Bonchev–Trinajstić information content (AvgIpc) is 2.86. The Morgan fingerprint density at radius 3 is 2.86 bits per heavy atom. The largest absolute Gasteiger partial charge is 0.383 e. The first kappa shape index (κ1) is 17.2. The number of methoxy groups -OCH3 is 1. The van der Waals surface area contributed by atoms with Gasteiger partial charge in [-0.25, -0.2) is 13.1 Å². The maximum atomic E-state index is 12.5. The topological polar surface area (TPSA) is 67.4 Å². The Labute approximate surface area is 138 Å². The standard InChI is InChI=1S/C13H18BrClN2O3S/c1-20-9-13(6-3-7-16-13)8-17-21(18,19)12-10(14)4-2-5-11(12)15/h2,4-5,16-17H,3,6-9H2,1H3. The molecule has 1 heterocycles. The summed E-state index contributed by atoms with van der Waals surface area (Å²) in [4.78, 5) is 0.0669. The quantitative estimate of drug-likeness (QED) is 0.772. The summed E-state index contributed by atoms with van der Waals surface area (Å²) in [6.07, 6.45) is 1.87. The minimum absolute atomic E-state index is 0.0669. The van der Waals surface area contributed by atoms with Crippen LogP contribution in [0.2, 0.25) is 5.02 Å². The van der Waals surface area contributed by atoms with E-state index in [0.717, 1.165) is 19.4 Å². The zero-order valence-electron chi connectivity index (χ0n) is 11.7. The molecule has 0 aromatic heterocycles. The third-order valence-corrected chi connectivity index (χ3v) is 6.39. The molecule has 2 N–H and O–H groups in total. The normalized spacial score (nSPS) is 22.6. The molecular weight excluding hydrogens is 380 g/mol. The van der Waals surface area contributed by atoms with E-state index < -0.39 is 10.0 Å². The number of hydrogen-bond donors (Lipinski definition) is 2. The zero-order valence-corrected chi connectivity index (χ0v) is 14.8. The van der Waals surface area contributed by atoms with Gasteiger partial charge in [0.25, 0.3) is 0 Å². The van der Waals surface area contributed by atoms with Gasteiger partial charge in [0.2, 0.25) is 10.0 Å². The molecule has 1 unspecified atom stereocenters. The highest BCUT2D eigenvalue weighted by molar-refractivity contribution is 9.10. The van der Waals surface area contributed by atoms with Gasteiger partial charge in [0.1, 0.15) is 4.90 Å². The van der Waals surface area contributed by atoms with E-state index in [1.165, 1.54) is 0 Å². The molecule has 1 aromatic carbocycles. The first-order valence-corrected chi connectivity index (χ1v) is 9.23. The number of nitrogens with one attached hydrogen (secondary N) is 2. The third-order valence-electron chi connectivity index (χ3n) is 3.54. The number of sulfonamides is 1. The molecule has 0 amide bonds. The summed E-state index contributed by atoms with van der Waals surface area (Å²) in [6, 6.07) is 4.90. The van der Waals surface area contributed by atoms with E-state index in [1.807, 2.05) is 0 Å². The fourth-order valence-corrected chi connectivity index (χ4v) is 5.37. The SMILES string of the molecule is COCC1(CNS(=O)(=O)c2c(Cl)cccc2Br)CCCN1. The van der Waals surface area contributed by atoms with Crippen LogP contribution in [-0.4, -0.2) is 40.8 Å². The molecule has 0 aliphatic carbocycles. The first-order valence-electron chi connectivity index (χ1n) is 6.58. The van der Waals surface area contributed by atoms with Crippen molar-refractivity contribution in [3.05, 3.63) is 27.7 Å². The van der Waals surface area contributed by atoms with E-state index in [-0.39, 0.29) is 22.0 Å². The maximum absolute atomic E-state index is 12.5. The molecule has 0 saturated carbocycles. The van der Waals surface area contributed by atoms with Crippen molar-refractivity contribution in [2.45, 2.75) is 23.3 Å². The Hall–Kier alpha value is -0.180. The second-order valence-corrected chi connectivity index (χ2v) is 8.08. The van der Waals surface area contributed by atoms with Crippen molar-refractivity contribution < 1.29 is 13.2 Å². The molecule has 1 saturated heterocycles. The van der Waals surface area contributed by atoms with Gasteiger partial charge < -0.3 is 10.1 Å². The number of hydrogen-bond acceptors (Lipinski definition) is 4. The molecule has 0 spiro atoms. The van der Waals surface area contributed by atoms with Crippen molar-refractivity contribution >= 4 is 37.6 Å². The fraction of sp³-hybridized carbons (Fsp3) is 0.538. The highest BCUT2D eigenvalue weighted by atomic mass is 79.9. The highest BCUT2D eigenvalue weighted by Crippen LogP contribution is 2.29. The summed E-state index contributed by atoms with van der Waals surface area (Å²) in [5.41, 5.74) is -0.352. The predicted molar refractivity (Wildman–Crippen MR) is 86.2 cm³/mol. The van der Waals surface area contributed by atoms with Gasteiger partial charge in [-0.2, -0.15) is 0 Å². The molecule has 0 radical (unpaired) electrons. The second kappa shape index (κ2) is 6.93. The molecule has 1 aliphatic heterocycles. The van der Waals surface area contributed by atoms with Crippen molar-refractivity contribution in [2.75, 3.05) is 26.8 Å². The molecule has 21 heavy (non-hydrogen) atoms. The van der Waals surface area contributed by atoms with Crippen LogP contribution in [0, 0.1) is 0 Å². The Bertz CT molecular complexity index is 583. The molecule has 5 nitrogen and oxygen atoms in total. The summed E-state index contributed by atoms with van der Waals surface area (Å²) < 4.78 is 33.3. The van der Waals surface area contributed by atoms with Crippen LogP contribution in [0.5, 0.6) is 0 Å². The van der Waals surface area contributed by atoms with Gasteiger partial charge in [-0.3, -0.25) is 0 Å². The van der Waals surface area contributed by atoms with Crippen LogP contribution < -0.4 is 10.0 Å². The van der Waals surface area contributed by atoms with E-state index in [2.05, 4.69) is 26.0 Å². The molecule has 2 rings (SSSR count). The van der Waals surface area contributed by atoms with Crippen LogP contribution in [0.25, 0.3) is 0 Å². The van der Waals surface area contributed by atoms with Crippen LogP contribution in [0.15, 0.2) is 27.6 Å². The minimum Gasteiger partial charge on any atom is -0.383 e. The number of rotatable bonds is 6. The summed E-state index contributed by atoms with van der Waals surface area (Å²) >= 11 is 9.25. The van der Waals surface area contributed by atoms with Gasteiger partial charge in [-0.05, 0) is 47.4 Å². The lowest BCUT2D eigenvalue weighted by atomic mass is 9.99. The Balaban J connectivity index is 2.18. The maximum Gasteiger partial charge on any atom is 0.243 e. The van der Waals surface area contributed by atoms with Crippen molar-refractivity contribution in [3.8, 4) is 0 Å². The van der Waals surface area contributed by atoms with Gasteiger partial charge in [0.15, 0.2) is 0 Å². The van der Waals surface area contributed by atoms with Crippen molar-refractivity contribution in [3.63, 3.8) is 0 Å². The van der Waals surface area contributed by atoms with E-state index in [4.69, 9.17) is 16.3 Å². The number of halogens is 2. The summed E-state index contributed by atoms with van der Waals surface area (Å²) in [5.74, 6) is 0. The van der Waals surface area contributed by atoms with Crippen LogP contribution in [-0.2, 0) is 14.8 Å². The van der Waals surface area contributed by atoms with Crippen molar-refractivity contribution in [1.82, 2.24) is 10.0 Å². The lowest BCUT2D eigenvalue weighted by Gasteiger charge is -2.29. The monoisotopic (exact) mass is 396 g/mol. The van der Waals surface area contributed by atoms with Gasteiger partial charge in [0.05, 0.1) is 17.2 Å². The summed E-state index contributed by atoms with van der Waals surface area (Å²) in [7, 11) is -2.08. The summed E-state index contributed by atoms with van der Waals surface area (Å²) in [5, 5.41) is 3.52. The molecule has 8 heteroatoms. The van der Waals surface area contributed by atoms with E-state index in [1.54, 1.807) is 25.3 Å². The van der Waals surface area contributed by atoms with Crippen LogP contribution in [0.1, 0.15) is 12.8 Å². The van der Waals surface area contributed by atoms with Gasteiger partial charge in [-0.15, -0.1) is 0 Å². The Morgan fingerprint density at radius 1 is 1.52 bits per heavy atom. The molecule has 1 atom stereocenters. The zero-order chi connectivity index (χ0) is 15.5. The van der Waals surface area contributed by atoms with Gasteiger partial charge >= 0.3 is 0 Å². The minimum atomic E-state index is -3.69. The molecule has 1 fully saturated rings. The second-order valence-electron chi connectivity index (χ2n) is 5.12. The Kier molecular flexibility index (Phi) is 5.67. The molecule has 118 valence electrons. The van der Waals surface area contributed by atoms with Crippen LogP contribution >= 0.6 is 27.5 Å². The van der Waals surface area contributed by atoms with Crippen LogP contribution in [0.3, 0.4) is 0 Å². The van der Waals surface area contributed by atoms with Crippen molar-refractivity contribution in [1.29, 1.82) is 0 Å². The summed E-state index contributed by atoms with van der Waals surface area (Å²) in [6.45, 7) is 1.58. The number of ether oxygens (including phenoxy) is 1. The predicted octanol–water partition coefficient (Wildman–Crippen LogP) is 2.15. The molecule has 1 aromatic rings.